The summed E-state index contributed by atoms with van der Waals surface area (Å²) >= 11 is 0. The van der Waals surface area contributed by atoms with Gasteiger partial charge in [0.1, 0.15) is 5.83 Å². The minimum Gasteiger partial charge on any atom is -0.478 e. The Kier molecular flexibility index (Phi) is 6.41. The van der Waals surface area contributed by atoms with E-state index < -0.39 is 5.97 Å². The Balaban J connectivity index is 2.33. The summed E-state index contributed by atoms with van der Waals surface area (Å²) in [6, 6.07) is 6.57. The van der Waals surface area contributed by atoms with Gasteiger partial charge in [-0.05, 0) is 80.5 Å². The van der Waals surface area contributed by atoms with Crippen molar-refractivity contribution in [3.05, 3.63) is 59.0 Å². The lowest BCUT2D eigenvalue weighted by molar-refractivity contribution is -0.131. The number of aliphatic carboxylic acids is 1. The first-order valence-electron chi connectivity index (χ1n) is 9.04. The van der Waals surface area contributed by atoms with Crippen LogP contribution in [0.15, 0.2) is 47.8 Å². The molecule has 26 heavy (non-hydrogen) atoms. The Morgan fingerprint density at radius 3 is 2.62 bits per heavy atom. The third-order valence-corrected chi connectivity index (χ3v) is 4.72. The number of carboxylic acids is 1. The predicted octanol–water partition coefficient (Wildman–Crippen LogP) is 5.38. The Morgan fingerprint density at radius 2 is 2.00 bits per heavy atom. The molecule has 0 radical (unpaired) electrons. The lowest BCUT2D eigenvalue weighted by Gasteiger charge is -2.38. The van der Waals surface area contributed by atoms with Gasteiger partial charge in [-0.1, -0.05) is 19.1 Å². The molecule has 0 fully saturated rings. The molecule has 1 aromatic carbocycles. The molecule has 2 rings (SSSR count). The fraction of sp³-hybridized carbons (Fsp3) is 0.409. The molecule has 1 aliphatic heterocycles. The van der Waals surface area contributed by atoms with Gasteiger partial charge in [-0.3, -0.25) is 0 Å². The Bertz CT molecular complexity index is 774. The number of carboxylic acid groups (broad SMARTS) is 1. The summed E-state index contributed by atoms with van der Waals surface area (Å²) in [6.45, 7) is 11.1. The highest BCUT2D eigenvalue weighted by Crippen LogP contribution is 2.34. The molecule has 1 heterocycles. The van der Waals surface area contributed by atoms with Crippen LogP contribution in [0.3, 0.4) is 0 Å². The van der Waals surface area contributed by atoms with E-state index in [2.05, 4.69) is 37.8 Å². The number of nitrogens with zero attached hydrogens (tertiary/aromatic N) is 1. The molecule has 0 spiro atoms. The molecule has 1 N–H and O–H groups in total. The predicted molar refractivity (Wildman–Crippen MR) is 106 cm³/mol. The summed E-state index contributed by atoms with van der Waals surface area (Å²) in [5.74, 6) is -0.822. The molecule has 1 unspecified atom stereocenters. The maximum absolute atomic E-state index is 14.5. The number of halogens is 1. The molecule has 0 bridgehead atoms. The van der Waals surface area contributed by atoms with E-state index in [9.17, 15) is 9.18 Å². The van der Waals surface area contributed by atoms with E-state index in [4.69, 9.17) is 5.11 Å². The third-order valence-electron chi connectivity index (χ3n) is 4.72. The van der Waals surface area contributed by atoms with E-state index in [0.717, 1.165) is 24.6 Å². The van der Waals surface area contributed by atoms with Gasteiger partial charge in [0.05, 0.1) is 0 Å². The van der Waals surface area contributed by atoms with Crippen molar-refractivity contribution in [1.82, 2.24) is 0 Å². The van der Waals surface area contributed by atoms with Crippen LogP contribution in [-0.4, -0.2) is 23.7 Å². The first-order valence-corrected chi connectivity index (χ1v) is 9.04. The molecule has 140 valence electrons. The molecule has 0 aliphatic carbocycles. The molecular weight excluding hydrogens is 329 g/mol. The maximum atomic E-state index is 14.5. The van der Waals surface area contributed by atoms with Crippen LogP contribution in [0.1, 0.15) is 45.7 Å². The van der Waals surface area contributed by atoms with E-state index in [1.165, 1.54) is 23.4 Å². The van der Waals surface area contributed by atoms with Crippen molar-refractivity contribution < 1.29 is 14.3 Å². The van der Waals surface area contributed by atoms with Gasteiger partial charge in [-0.25, -0.2) is 9.18 Å². The molecule has 1 atom stereocenters. The van der Waals surface area contributed by atoms with Crippen molar-refractivity contribution in [1.29, 1.82) is 0 Å². The van der Waals surface area contributed by atoms with Gasteiger partial charge < -0.3 is 10.0 Å². The highest BCUT2D eigenvalue weighted by atomic mass is 19.1. The highest BCUT2D eigenvalue weighted by molar-refractivity contribution is 5.81. The van der Waals surface area contributed by atoms with Crippen LogP contribution in [0, 0.1) is 5.92 Å². The van der Waals surface area contributed by atoms with E-state index in [0.29, 0.717) is 23.1 Å². The quantitative estimate of drug-likeness (QED) is 0.568. The number of allylic oxidation sites excluding steroid dienone is 5. The van der Waals surface area contributed by atoms with E-state index >= 15 is 0 Å². The zero-order valence-electron chi connectivity index (χ0n) is 16.2. The van der Waals surface area contributed by atoms with Crippen LogP contribution >= 0.6 is 0 Å². The number of anilines is 1. The average molecular weight is 357 g/mol. The zero-order chi connectivity index (χ0) is 19.4. The minimum atomic E-state index is -1.04. The van der Waals surface area contributed by atoms with Gasteiger partial charge in [-0.2, -0.15) is 0 Å². The second-order valence-electron chi connectivity index (χ2n) is 7.43. The van der Waals surface area contributed by atoms with Crippen LogP contribution < -0.4 is 4.90 Å². The smallest absolute Gasteiger partial charge is 0.328 e. The number of benzene rings is 1. The van der Waals surface area contributed by atoms with Gasteiger partial charge >= 0.3 is 5.97 Å². The molecule has 0 saturated heterocycles. The van der Waals surface area contributed by atoms with E-state index in [1.54, 1.807) is 13.8 Å². The topological polar surface area (TPSA) is 40.5 Å². The lowest BCUT2D eigenvalue weighted by Crippen LogP contribution is -2.39. The summed E-state index contributed by atoms with van der Waals surface area (Å²) in [5.41, 5.74) is 4.41. The average Bonchev–Trinajstić information content (AvgIpc) is 2.56. The monoisotopic (exact) mass is 357 g/mol. The van der Waals surface area contributed by atoms with Crippen LogP contribution in [0.2, 0.25) is 0 Å². The lowest BCUT2D eigenvalue weighted by atomic mass is 9.90. The van der Waals surface area contributed by atoms with Crippen LogP contribution in [0.4, 0.5) is 10.1 Å². The summed E-state index contributed by atoms with van der Waals surface area (Å²) in [5, 5.41) is 8.71. The Hall–Kier alpha value is -2.36. The third kappa shape index (κ3) is 4.84. The summed E-state index contributed by atoms with van der Waals surface area (Å²) in [4.78, 5) is 13.0. The Labute approximate surface area is 155 Å². The largest absolute Gasteiger partial charge is 0.478 e. The highest BCUT2D eigenvalue weighted by Gasteiger charge is 2.23. The van der Waals surface area contributed by atoms with Crippen molar-refractivity contribution in [3.63, 3.8) is 0 Å². The van der Waals surface area contributed by atoms with Crippen molar-refractivity contribution in [2.24, 2.45) is 5.92 Å². The second kappa shape index (κ2) is 8.35. The number of hydrogen-bond donors (Lipinski definition) is 1. The standard InChI is InChI=1S/C22H28FNO2/c1-14(2)24-13-16(4)10-19-12-18(7-9-21(19)24)17(5)20(23)8-6-15(3)11-22(25)26/h6-9,11-12,14,16H,10,13H2,1-5H3,(H,25,26)/b8-6+,15-11+,20-17+. The summed E-state index contributed by atoms with van der Waals surface area (Å²) in [7, 11) is 0. The first-order chi connectivity index (χ1) is 12.2. The summed E-state index contributed by atoms with van der Waals surface area (Å²) in [6.07, 6.45) is 4.86. The van der Waals surface area contributed by atoms with E-state index in [1.807, 2.05) is 6.07 Å². The molecule has 3 nitrogen and oxygen atoms in total. The van der Waals surface area contributed by atoms with Crippen LogP contribution in [-0.2, 0) is 11.2 Å². The number of rotatable bonds is 5. The number of carbonyl (C=O) groups is 1. The van der Waals surface area contributed by atoms with Crippen molar-refractivity contribution >= 4 is 17.2 Å². The number of hydrogen-bond acceptors (Lipinski definition) is 2. The minimum absolute atomic E-state index is 0.354. The molecule has 1 aromatic rings. The fourth-order valence-corrected chi connectivity index (χ4v) is 3.34. The molecule has 0 amide bonds. The second-order valence-corrected chi connectivity index (χ2v) is 7.43. The Morgan fingerprint density at radius 1 is 1.31 bits per heavy atom. The maximum Gasteiger partial charge on any atom is 0.328 e. The van der Waals surface area contributed by atoms with Gasteiger partial charge in [0, 0.05) is 24.4 Å². The number of fused-ring (bicyclic) bond motifs is 1. The van der Waals surface area contributed by atoms with E-state index in [-0.39, 0.29) is 5.83 Å². The van der Waals surface area contributed by atoms with Gasteiger partial charge in [0.15, 0.2) is 0 Å². The molecular formula is C22H28FNO2. The molecule has 0 aromatic heterocycles. The van der Waals surface area contributed by atoms with Crippen molar-refractivity contribution in [3.8, 4) is 0 Å². The van der Waals surface area contributed by atoms with Gasteiger partial charge in [0.2, 0.25) is 0 Å². The molecule has 1 aliphatic rings. The normalized spacial score (nSPS) is 19.0. The first kappa shape index (κ1) is 20.0. The molecule has 0 saturated carbocycles. The molecule has 4 heteroatoms. The SMILES string of the molecule is CC(/C=C/C(F)=C(/C)c1ccc2c(c1)CC(C)CN2C(C)C)=C\C(=O)O. The van der Waals surface area contributed by atoms with Crippen molar-refractivity contribution in [2.45, 2.75) is 47.1 Å². The zero-order valence-corrected chi connectivity index (χ0v) is 16.2. The van der Waals surface area contributed by atoms with Crippen LogP contribution in [0.25, 0.3) is 5.57 Å². The van der Waals surface area contributed by atoms with Gasteiger partial charge in [-0.15, -0.1) is 0 Å². The van der Waals surface area contributed by atoms with Crippen molar-refractivity contribution in [2.75, 3.05) is 11.4 Å². The van der Waals surface area contributed by atoms with Gasteiger partial charge in [0.25, 0.3) is 0 Å². The fourth-order valence-electron chi connectivity index (χ4n) is 3.34. The van der Waals surface area contributed by atoms with Crippen LogP contribution in [0.5, 0.6) is 0 Å². The summed E-state index contributed by atoms with van der Waals surface area (Å²) < 4.78 is 14.5.